The second-order valence-corrected chi connectivity index (χ2v) is 7.28. The molecule has 0 aliphatic heterocycles. The largest absolute Gasteiger partial charge is 0.494 e. The average molecular weight is 271 g/mol. The third-order valence-corrected chi connectivity index (χ3v) is 4.30. The first-order valence-electron chi connectivity index (χ1n) is 5.96. The molecule has 18 heavy (non-hydrogen) atoms. The van der Waals surface area contributed by atoms with E-state index < -0.39 is 15.4 Å². The van der Waals surface area contributed by atoms with Gasteiger partial charge in [-0.2, -0.15) is 0 Å². The SMILES string of the molecule is CC(C)(N)CS(=O)(=O)CCCOc1ccccc1. The molecule has 0 atom stereocenters. The Hall–Kier alpha value is -1.07. The lowest BCUT2D eigenvalue weighted by atomic mass is 10.1. The van der Waals surface area contributed by atoms with Crippen molar-refractivity contribution in [2.75, 3.05) is 18.1 Å². The van der Waals surface area contributed by atoms with Gasteiger partial charge in [0.25, 0.3) is 0 Å². The van der Waals surface area contributed by atoms with Crippen LogP contribution in [-0.4, -0.2) is 32.1 Å². The highest BCUT2D eigenvalue weighted by Crippen LogP contribution is 2.09. The fourth-order valence-corrected chi connectivity index (χ4v) is 3.46. The molecule has 1 aromatic carbocycles. The van der Waals surface area contributed by atoms with E-state index in [1.807, 2.05) is 30.3 Å². The maximum Gasteiger partial charge on any atom is 0.152 e. The molecule has 1 aromatic rings. The number of sulfone groups is 1. The van der Waals surface area contributed by atoms with Crippen molar-refractivity contribution < 1.29 is 13.2 Å². The van der Waals surface area contributed by atoms with Crippen molar-refractivity contribution >= 4 is 9.84 Å². The van der Waals surface area contributed by atoms with Gasteiger partial charge in [-0.05, 0) is 32.4 Å². The van der Waals surface area contributed by atoms with E-state index in [9.17, 15) is 8.42 Å². The molecule has 0 saturated heterocycles. The Bertz CT molecular complexity index is 449. The van der Waals surface area contributed by atoms with Crippen molar-refractivity contribution in [2.45, 2.75) is 25.8 Å². The summed E-state index contributed by atoms with van der Waals surface area (Å²) in [5, 5.41) is 0. The van der Waals surface area contributed by atoms with Crippen molar-refractivity contribution in [3.8, 4) is 5.75 Å². The average Bonchev–Trinajstić information content (AvgIpc) is 2.23. The molecule has 0 bridgehead atoms. The Kier molecular flexibility index (Phi) is 5.16. The molecule has 0 radical (unpaired) electrons. The molecule has 0 saturated carbocycles. The second-order valence-electron chi connectivity index (χ2n) is 5.10. The van der Waals surface area contributed by atoms with Crippen LogP contribution < -0.4 is 10.5 Å². The smallest absolute Gasteiger partial charge is 0.152 e. The van der Waals surface area contributed by atoms with Gasteiger partial charge >= 0.3 is 0 Å². The van der Waals surface area contributed by atoms with Gasteiger partial charge in [-0.15, -0.1) is 0 Å². The molecule has 0 unspecified atom stereocenters. The fourth-order valence-electron chi connectivity index (χ4n) is 1.62. The maximum absolute atomic E-state index is 11.7. The summed E-state index contributed by atoms with van der Waals surface area (Å²) in [6, 6.07) is 9.35. The van der Waals surface area contributed by atoms with Crippen LogP contribution in [0, 0.1) is 0 Å². The van der Waals surface area contributed by atoms with Gasteiger partial charge in [0.1, 0.15) is 5.75 Å². The summed E-state index contributed by atoms with van der Waals surface area (Å²) in [4.78, 5) is 0. The molecule has 0 spiro atoms. The van der Waals surface area contributed by atoms with E-state index in [0.717, 1.165) is 5.75 Å². The van der Waals surface area contributed by atoms with Gasteiger partial charge in [-0.1, -0.05) is 18.2 Å². The van der Waals surface area contributed by atoms with Gasteiger partial charge in [0, 0.05) is 5.54 Å². The molecule has 0 aliphatic rings. The van der Waals surface area contributed by atoms with Crippen LogP contribution in [0.2, 0.25) is 0 Å². The summed E-state index contributed by atoms with van der Waals surface area (Å²) in [6.45, 7) is 3.82. The summed E-state index contributed by atoms with van der Waals surface area (Å²) in [5.74, 6) is 0.875. The van der Waals surface area contributed by atoms with Crippen LogP contribution in [0.1, 0.15) is 20.3 Å². The lowest BCUT2D eigenvalue weighted by Crippen LogP contribution is -2.40. The van der Waals surface area contributed by atoms with Crippen molar-refractivity contribution in [2.24, 2.45) is 5.73 Å². The number of ether oxygens (including phenoxy) is 1. The molecule has 5 heteroatoms. The minimum atomic E-state index is -3.10. The van der Waals surface area contributed by atoms with Crippen molar-refractivity contribution in [3.63, 3.8) is 0 Å². The van der Waals surface area contributed by atoms with Crippen molar-refractivity contribution in [3.05, 3.63) is 30.3 Å². The summed E-state index contributed by atoms with van der Waals surface area (Å²) in [7, 11) is -3.10. The summed E-state index contributed by atoms with van der Waals surface area (Å²) < 4.78 is 28.9. The number of benzene rings is 1. The van der Waals surface area contributed by atoms with E-state index in [-0.39, 0.29) is 11.5 Å². The normalized spacial score (nSPS) is 12.4. The van der Waals surface area contributed by atoms with Gasteiger partial charge in [-0.3, -0.25) is 0 Å². The van der Waals surface area contributed by atoms with Gasteiger partial charge in [0.05, 0.1) is 18.1 Å². The van der Waals surface area contributed by atoms with E-state index in [1.165, 1.54) is 0 Å². The van der Waals surface area contributed by atoms with E-state index in [1.54, 1.807) is 13.8 Å². The zero-order valence-electron chi connectivity index (χ0n) is 10.9. The van der Waals surface area contributed by atoms with Gasteiger partial charge in [-0.25, -0.2) is 8.42 Å². The van der Waals surface area contributed by atoms with Crippen molar-refractivity contribution in [1.82, 2.24) is 0 Å². The highest BCUT2D eigenvalue weighted by molar-refractivity contribution is 7.91. The van der Waals surface area contributed by atoms with E-state index in [4.69, 9.17) is 10.5 Å². The molecule has 102 valence electrons. The number of hydrogen-bond acceptors (Lipinski definition) is 4. The summed E-state index contributed by atoms with van der Waals surface area (Å²) in [6.07, 6.45) is 0.479. The fraction of sp³-hybridized carbons (Fsp3) is 0.538. The highest BCUT2D eigenvalue weighted by atomic mass is 32.2. The van der Waals surface area contributed by atoms with E-state index >= 15 is 0 Å². The van der Waals surface area contributed by atoms with Gasteiger partial charge in [0.2, 0.25) is 0 Å². The first-order chi connectivity index (χ1) is 8.29. The zero-order chi connectivity index (χ0) is 13.6. The minimum absolute atomic E-state index is 0.00529. The summed E-state index contributed by atoms with van der Waals surface area (Å²) >= 11 is 0. The molecule has 0 aromatic heterocycles. The molecule has 0 heterocycles. The predicted octanol–water partition coefficient (Wildman–Crippen LogP) is 1.61. The third-order valence-electron chi connectivity index (χ3n) is 2.20. The lowest BCUT2D eigenvalue weighted by molar-refractivity contribution is 0.317. The predicted molar refractivity (Wildman–Crippen MR) is 73.5 cm³/mol. The van der Waals surface area contributed by atoms with Crippen LogP contribution in [0.4, 0.5) is 0 Å². The van der Waals surface area contributed by atoms with Crippen molar-refractivity contribution in [1.29, 1.82) is 0 Å². The van der Waals surface area contributed by atoms with Crippen LogP contribution >= 0.6 is 0 Å². The number of rotatable bonds is 7. The van der Waals surface area contributed by atoms with Crippen LogP contribution in [0.25, 0.3) is 0 Å². The van der Waals surface area contributed by atoms with Gasteiger partial charge in [0.15, 0.2) is 9.84 Å². The Morgan fingerprint density at radius 2 is 1.83 bits per heavy atom. The first-order valence-corrected chi connectivity index (χ1v) is 7.78. The monoisotopic (exact) mass is 271 g/mol. The number of hydrogen-bond donors (Lipinski definition) is 1. The first kappa shape index (κ1) is 15.0. The molecule has 2 N–H and O–H groups in total. The topological polar surface area (TPSA) is 69.4 Å². The molecular weight excluding hydrogens is 250 g/mol. The Labute approximate surface area is 109 Å². The molecule has 0 aliphatic carbocycles. The minimum Gasteiger partial charge on any atom is -0.494 e. The van der Waals surface area contributed by atoms with Crippen LogP contribution in [-0.2, 0) is 9.84 Å². The Balaban J connectivity index is 2.30. The molecule has 0 fully saturated rings. The standard InChI is InChI=1S/C13H21NO3S/c1-13(2,14)11-18(15,16)10-6-9-17-12-7-4-3-5-8-12/h3-5,7-8H,6,9-11,14H2,1-2H3. The number of para-hydroxylation sites is 1. The molecule has 0 amide bonds. The van der Waals surface area contributed by atoms with Crippen LogP contribution in [0.3, 0.4) is 0 Å². The Morgan fingerprint density at radius 1 is 1.22 bits per heavy atom. The van der Waals surface area contributed by atoms with Crippen LogP contribution in [0.5, 0.6) is 5.75 Å². The maximum atomic E-state index is 11.7. The molecule has 1 rings (SSSR count). The van der Waals surface area contributed by atoms with E-state index in [0.29, 0.717) is 13.0 Å². The van der Waals surface area contributed by atoms with E-state index in [2.05, 4.69) is 0 Å². The number of nitrogens with two attached hydrogens (primary N) is 1. The zero-order valence-corrected chi connectivity index (χ0v) is 11.7. The third kappa shape index (κ3) is 6.61. The summed E-state index contributed by atoms with van der Waals surface area (Å²) in [5.41, 5.74) is 5.03. The quantitative estimate of drug-likeness (QED) is 0.765. The molecule has 4 nitrogen and oxygen atoms in total. The highest BCUT2D eigenvalue weighted by Gasteiger charge is 2.21. The van der Waals surface area contributed by atoms with Gasteiger partial charge < -0.3 is 10.5 Å². The molecular formula is C13H21NO3S. The second kappa shape index (κ2) is 6.20. The Morgan fingerprint density at radius 3 is 2.39 bits per heavy atom. The lowest BCUT2D eigenvalue weighted by Gasteiger charge is -2.18. The van der Waals surface area contributed by atoms with Crippen LogP contribution in [0.15, 0.2) is 30.3 Å².